The molecular formula is C11H11ClN2O2. The summed E-state index contributed by atoms with van der Waals surface area (Å²) < 4.78 is 5.31. The van der Waals surface area contributed by atoms with Crippen LogP contribution in [0.1, 0.15) is 12.5 Å². The van der Waals surface area contributed by atoms with Gasteiger partial charge in [-0.05, 0) is 12.1 Å². The molecule has 1 aromatic carbocycles. The van der Waals surface area contributed by atoms with Crippen molar-refractivity contribution >= 4 is 17.5 Å². The summed E-state index contributed by atoms with van der Waals surface area (Å²) in [5.74, 6) is -0.272. The molecule has 0 saturated carbocycles. The lowest BCUT2D eigenvalue weighted by Crippen LogP contribution is -2.25. The fourth-order valence-electron chi connectivity index (χ4n) is 0.980. The van der Waals surface area contributed by atoms with Gasteiger partial charge in [0.1, 0.15) is 11.8 Å². The Hall–Kier alpha value is -1.73. The van der Waals surface area contributed by atoms with Crippen molar-refractivity contribution in [3.05, 3.63) is 28.8 Å². The van der Waals surface area contributed by atoms with Gasteiger partial charge >= 0.3 is 0 Å². The van der Waals surface area contributed by atoms with Gasteiger partial charge in [-0.1, -0.05) is 18.5 Å². The molecule has 1 unspecified atom stereocenters. The molecule has 84 valence electrons. The van der Waals surface area contributed by atoms with Crippen LogP contribution in [0.4, 0.5) is 0 Å². The van der Waals surface area contributed by atoms with Gasteiger partial charge in [-0.15, -0.1) is 0 Å². The summed E-state index contributed by atoms with van der Waals surface area (Å²) in [5.41, 5.74) is 5.47. The first kappa shape index (κ1) is 12.3. The lowest BCUT2D eigenvalue weighted by molar-refractivity contribution is -0.122. The van der Waals surface area contributed by atoms with Crippen LogP contribution in [0.15, 0.2) is 18.2 Å². The summed E-state index contributed by atoms with van der Waals surface area (Å²) in [5, 5.41) is 8.99. The number of primary amides is 1. The van der Waals surface area contributed by atoms with E-state index in [1.807, 2.05) is 6.07 Å². The fraction of sp³-hybridized carbons (Fsp3) is 0.273. The van der Waals surface area contributed by atoms with E-state index >= 15 is 0 Å². The largest absolute Gasteiger partial charge is 0.493 e. The van der Waals surface area contributed by atoms with Crippen molar-refractivity contribution in [2.24, 2.45) is 11.7 Å². The van der Waals surface area contributed by atoms with Crippen LogP contribution in [-0.4, -0.2) is 12.5 Å². The normalized spacial score (nSPS) is 11.6. The lowest BCUT2D eigenvalue weighted by atomic mass is 10.2. The van der Waals surface area contributed by atoms with Gasteiger partial charge in [0, 0.05) is 6.07 Å². The maximum Gasteiger partial charge on any atom is 0.223 e. The van der Waals surface area contributed by atoms with Gasteiger partial charge in [-0.25, -0.2) is 0 Å². The molecule has 0 radical (unpaired) electrons. The van der Waals surface area contributed by atoms with Crippen LogP contribution in [0.25, 0.3) is 0 Å². The molecule has 0 aliphatic carbocycles. The van der Waals surface area contributed by atoms with Gasteiger partial charge < -0.3 is 10.5 Å². The molecule has 1 rings (SSSR count). The zero-order chi connectivity index (χ0) is 12.1. The van der Waals surface area contributed by atoms with Crippen LogP contribution < -0.4 is 10.5 Å². The first-order valence-electron chi connectivity index (χ1n) is 4.66. The predicted molar refractivity (Wildman–Crippen MR) is 60.0 cm³/mol. The maximum atomic E-state index is 10.8. The Kier molecular flexibility index (Phi) is 4.15. The van der Waals surface area contributed by atoms with Gasteiger partial charge in [-0.2, -0.15) is 5.26 Å². The molecule has 1 atom stereocenters. The Morgan fingerprint density at radius 1 is 1.69 bits per heavy atom. The predicted octanol–water partition coefficient (Wildman–Crippen LogP) is 1.71. The van der Waals surface area contributed by atoms with Gasteiger partial charge in [0.15, 0.2) is 0 Å². The van der Waals surface area contributed by atoms with Crippen molar-refractivity contribution in [3.8, 4) is 11.8 Å². The van der Waals surface area contributed by atoms with Crippen molar-refractivity contribution in [1.82, 2.24) is 0 Å². The number of halogens is 1. The number of carbonyl (C=O) groups excluding carboxylic acids is 1. The third-order valence-electron chi connectivity index (χ3n) is 2.05. The second-order valence-electron chi connectivity index (χ2n) is 3.37. The summed E-state index contributed by atoms with van der Waals surface area (Å²) in [7, 11) is 0. The van der Waals surface area contributed by atoms with Crippen molar-refractivity contribution in [1.29, 1.82) is 5.26 Å². The summed E-state index contributed by atoms with van der Waals surface area (Å²) in [6.45, 7) is 1.87. The van der Waals surface area contributed by atoms with Gasteiger partial charge in [-0.3, -0.25) is 4.79 Å². The first-order valence-corrected chi connectivity index (χ1v) is 5.04. The number of amides is 1. The summed E-state index contributed by atoms with van der Waals surface area (Å²) in [6, 6.07) is 6.66. The van der Waals surface area contributed by atoms with Crippen molar-refractivity contribution < 1.29 is 9.53 Å². The van der Waals surface area contributed by atoms with E-state index in [0.717, 1.165) is 0 Å². The number of hydrogen-bond donors (Lipinski definition) is 1. The molecule has 0 fully saturated rings. The van der Waals surface area contributed by atoms with E-state index < -0.39 is 5.91 Å². The molecule has 1 aromatic rings. The van der Waals surface area contributed by atoms with Gasteiger partial charge in [0.25, 0.3) is 0 Å². The van der Waals surface area contributed by atoms with Crippen LogP contribution >= 0.6 is 11.6 Å². The molecule has 0 aliphatic rings. The fourth-order valence-corrected chi connectivity index (χ4v) is 1.19. The number of benzene rings is 1. The topological polar surface area (TPSA) is 76.1 Å². The highest BCUT2D eigenvalue weighted by molar-refractivity contribution is 6.31. The third kappa shape index (κ3) is 3.14. The van der Waals surface area contributed by atoms with Crippen molar-refractivity contribution in [2.45, 2.75) is 6.92 Å². The van der Waals surface area contributed by atoms with E-state index in [0.29, 0.717) is 16.3 Å². The number of nitrogens with two attached hydrogens (primary N) is 1. The highest BCUT2D eigenvalue weighted by atomic mass is 35.5. The van der Waals surface area contributed by atoms with Crippen molar-refractivity contribution in [3.63, 3.8) is 0 Å². The number of rotatable bonds is 4. The van der Waals surface area contributed by atoms with Crippen LogP contribution in [0.2, 0.25) is 5.02 Å². The molecule has 1 amide bonds. The van der Waals surface area contributed by atoms with Crippen LogP contribution in [-0.2, 0) is 4.79 Å². The zero-order valence-corrected chi connectivity index (χ0v) is 9.49. The van der Waals surface area contributed by atoms with E-state index in [4.69, 9.17) is 27.3 Å². The molecule has 5 heteroatoms. The maximum absolute atomic E-state index is 10.8. The second kappa shape index (κ2) is 5.38. The van der Waals surface area contributed by atoms with E-state index in [1.165, 1.54) is 6.07 Å². The Morgan fingerprint density at radius 3 is 2.88 bits per heavy atom. The number of carbonyl (C=O) groups is 1. The van der Waals surface area contributed by atoms with E-state index in [2.05, 4.69) is 0 Å². The highest BCUT2D eigenvalue weighted by Gasteiger charge is 2.09. The van der Waals surface area contributed by atoms with Crippen LogP contribution in [0.5, 0.6) is 5.75 Å². The van der Waals surface area contributed by atoms with E-state index in [9.17, 15) is 4.79 Å². The molecular weight excluding hydrogens is 228 g/mol. The monoisotopic (exact) mass is 238 g/mol. The minimum absolute atomic E-state index is 0.192. The Balaban J connectivity index is 2.66. The zero-order valence-electron chi connectivity index (χ0n) is 8.74. The molecule has 16 heavy (non-hydrogen) atoms. The number of hydrogen-bond acceptors (Lipinski definition) is 3. The SMILES string of the molecule is CC(COc1ccc(C#N)c(Cl)c1)C(N)=O. The molecule has 0 bridgehead atoms. The molecule has 4 nitrogen and oxygen atoms in total. The number of ether oxygens (including phenoxy) is 1. The molecule has 2 N–H and O–H groups in total. The highest BCUT2D eigenvalue weighted by Crippen LogP contribution is 2.22. The first-order chi connectivity index (χ1) is 7.54. The van der Waals surface area contributed by atoms with E-state index in [1.54, 1.807) is 19.1 Å². The summed E-state index contributed by atoms with van der Waals surface area (Å²) in [4.78, 5) is 10.8. The Labute approximate surface area is 98.6 Å². The summed E-state index contributed by atoms with van der Waals surface area (Å²) >= 11 is 5.81. The van der Waals surface area contributed by atoms with Gasteiger partial charge in [0.2, 0.25) is 5.91 Å². The van der Waals surface area contributed by atoms with E-state index in [-0.39, 0.29) is 12.5 Å². The molecule has 0 heterocycles. The minimum atomic E-state index is -0.417. The van der Waals surface area contributed by atoms with Gasteiger partial charge in [0.05, 0.1) is 23.1 Å². The Bertz CT molecular complexity index is 440. The number of nitrogens with zero attached hydrogens (tertiary/aromatic N) is 1. The molecule has 0 aliphatic heterocycles. The quantitative estimate of drug-likeness (QED) is 0.868. The standard InChI is InChI=1S/C11H11ClN2O2/c1-7(11(14)15)6-16-9-3-2-8(5-13)10(12)4-9/h2-4,7H,6H2,1H3,(H2,14,15). The molecule has 0 saturated heterocycles. The Morgan fingerprint density at radius 2 is 2.38 bits per heavy atom. The second-order valence-corrected chi connectivity index (χ2v) is 3.78. The average molecular weight is 239 g/mol. The average Bonchev–Trinajstić information content (AvgIpc) is 2.25. The van der Waals surface area contributed by atoms with Crippen LogP contribution in [0.3, 0.4) is 0 Å². The molecule has 0 spiro atoms. The lowest BCUT2D eigenvalue weighted by Gasteiger charge is -2.10. The van der Waals surface area contributed by atoms with Crippen molar-refractivity contribution in [2.75, 3.05) is 6.61 Å². The van der Waals surface area contributed by atoms with Crippen LogP contribution in [0, 0.1) is 17.2 Å². The summed E-state index contributed by atoms with van der Waals surface area (Å²) in [6.07, 6.45) is 0. The smallest absolute Gasteiger partial charge is 0.223 e. The molecule has 0 aromatic heterocycles. The third-order valence-corrected chi connectivity index (χ3v) is 2.36. The minimum Gasteiger partial charge on any atom is -0.493 e. The number of nitriles is 1.